The minimum atomic E-state index is -4.33. The molecule has 0 amide bonds. The standard InChI is InChI=1S/C19H24F3N/c1-6-7-14(4)12-18(23-15(5)13(2)3)16-8-10-17(11-9-16)19(20,21)22/h8-13H,4,6-7H2,1-3,5H3/b18-12-,23-15-. The molecule has 0 saturated carbocycles. The van der Waals surface area contributed by atoms with Gasteiger partial charge in [-0.3, -0.25) is 4.99 Å². The summed E-state index contributed by atoms with van der Waals surface area (Å²) in [5.74, 6) is 0.271. The fourth-order valence-electron chi connectivity index (χ4n) is 1.92. The molecule has 0 saturated heterocycles. The number of rotatable bonds is 6. The van der Waals surface area contributed by atoms with Crippen LogP contribution in [0.5, 0.6) is 0 Å². The van der Waals surface area contributed by atoms with E-state index in [2.05, 4.69) is 18.5 Å². The molecule has 0 N–H and O–H groups in total. The number of allylic oxidation sites excluding steroid dienone is 2. The van der Waals surface area contributed by atoms with E-state index in [1.807, 2.05) is 26.8 Å². The van der Waals surface area contributed by atoms with Crippen LogP contribution in [0.25, 0.3) is 5.70 Å². The number of hydrogen-bond donors (Lipinski definition) is 0. The van der Waals surface area contributed by atoms with Crippen molar-refractivity contribution in [1.82, 2.24) is 0 Å². The Labute approximate surface area is 136 Å². The largest absolute Gasteiger partial charge is 0.416 e. The summed E-state index contributed by atoms with van der Waals surface area (Å²) < 4.78 is 38.1. The second-order valence-electron chi connectivity index (χ2n) is 5.92. The van der Waals surface area contributed by atoms with E-state index in [-0.39, 0.29) is 5.92 Å². The number of alkyl halides is 3. The first-order valence-electron chi connectivity index (χ1n) is 7.77. The number of benzene rings is 1. The van der Waals surface area contributed by atoms with Crippen molar-refractivity contribution in [3.8, 4) is 0 Å². The topological polar surface area (TPSA) is 12.4 Å². The predicted molar refractivity (Wildman–Crippen MR) is 91.4 cm³/mol. The van der Waals surface area contributed by atoms with Gasteiger partial charge in [0.1, 0.15) is 0 Å². The summed E-state index contributed by atoms with van der Waals surface area (Å²) in [5, 5.41) is 0. The van der Waals surface area contributed by atoms with Crippen LogP contribution in [-0.4, -0.2) is 5.71 Å². The van der Waals surface area contributed by atoms with Crippen molar-refractivity contribution in [2.45, 2.75) is 46.7 Å². The molecule has 0 radical (unpaired) electrons. The van der Waals surface area contributed by atoms with Gasteiger partial charge in [0.2, 0.25) is 0 Å². The molecule has 0 aliphatic heterocycles. The fraction of sp³-hybridized carbons (Fsp3) is 0.421. The maximum atomic E-state index is 12.7. The van der Waals surface area contributed by atoms with Gasteiger partial charge in [0, 0.05) is 11.3 Å². The Balaban J connectivity index is 3.24. The van der Waals surface area contributed by atoms with Crippen molar-refractivity contribution < 1.29 is 13.2 Å². The zero-order valence-electron chi connectivity index (χ0n) is 14.2. The van der Waals surface area contributed by atoms with Gasteiger partial charge in [0.15, 0.2) is 0 Å². The van der Waals surface area contributed by atoms with Crippen LogP contribution in [0.1, 0.15) is 51.7 Å². The Kier molecular flexibility index (Phi) is 6.79. The zero-order valence-corrected chi connectivity index (χ0v) is 14.2. The Bertz CT molecular complexity index is 590. The van der Waals surface area contributed by atoms with Gasteiger partial charge in [0.25, 0.3) is 0 Å². The number of aliphatic imine (C=N–C) groups is 1. The van der Waals surface area contributed by atoms with E-state index in [0.29, 0.717) is 11.3 Å². The quantitative estimate of drug-likeness (QED) is 0.417. The molecule has 0 aromatic heterocycles. The highest BCUT2D eigenvalue weighted by Crippen LogP contribution is 2.30. The third kappa shape index (κ3) is 6.05. The highest BCUT2D eigenvalue weighted by atomic mass is 19.4. The van der Waals surface area contributed by atoms with E-state index in [1.165, 1.54) is 12.1 Å². The highest BCUT2D eigenvalue weighted by molar-refractivity contribution is 5.89. The molecule has 0 aliphatic rings. The molecule has 0 heterocycles. The van der Waals surface area contributed by atoms with Crippen molar-refractivity contribution in [1.29, 1.82) is 0 Å². The van der Waals surface area contributed by atoms with Crippen molar-refractivity contribution >= 4 is 11.4 Å². The Morgan fingerprint density at radius 1 is 1.22 bits per heavy atom. The monoisotopic (exact) mass is 323 g/mol. The lowest BCUT2D eigenvalue weighted by Gasteiger charge is -2.11. The van der Waals surface area contributed by atoms with E-state index < -0.39 is 11.7 Å². The normalized spacial score (nSPS) is 13.6. The average Bonchev–Trinajstić information content (AvgIpc) is 2.45. The lowest BCUT2D eigenvalue weighted by atomic mass is 10.0. The van der Waals surface area contributed by atoms with Crippen molar-refractivity contribution in [3.63, 3.8) is 0 Å². The molecule has 1 aromatic carbocycles. The van der Waals surface area contributed by atoms with Crippen LogP contribution in [0, 0.1) is 5.92 Å². The Morgan fingerprint density at radius 3 is 2.22 bits per heavy atom. The second-order valence-corrected chi connectivity index (χ2v) is 5.92. The summed E-state index contributed by atoms with van der Waals surface area (Å²) in [6.07, 6.45) is -0.674. The number of halogens is 3. The predicted octanol–water partition coefficient (Wildman–Crippen LogP) is 6.52. The van der Waals surface area contributed by atoms with Crippen LogP contribution in [0.15, 0.2) is 47.5 Å². The molecule has 0 atom stereocenters. The lowest BCUT2D eigenvalue weighted by Crippen LogP contribution is -2.05. The lowest BCUT2D eigenvalue weighted by molar-refractivity contribution is -0.137. The van der Waals surface area contributed by atoms with E-state index in [1.54, 1.807) is 0 Å². The molecule has 126 valence electrons. The average molecular weight is 323 g/mol. The van der Waals surface area contributed by atoms with Crippen LogP contribution in [0.4, 0.5) is 13.2 Å². The van der Waals surface area contributed by atoms with Gasteiger partial charge in [-0.25, -0.2) is 0 Å². The molecule has 1 rings (SSSR count). The van der Waals surface area contributed by atoms with Crippen molar-refractivity contribution in [2.24, 2.45) is 10.9 Å². The summed E-state index contributed by atoms with van der Waals surface area (Å²) in [5.41, 5.74) is 2.51. The molecule has 4 heteroatoms. The summed E-state index contributed by atoms with van der Waals surface area (Å²) in [6.45, 7) is 12.0. The number of nitrogens with zero attached hydrogens (tertiary/aromatic N) is 1. The summed E-state index contributed by atoms with van der Waals surface area (Å²) in [6, 6.07) is 5.11. The van der Waals surface area contributed by atoms with Gasteiger partial charge in [-0.05, 0) is 37.5 Å². The molecule has 1 aromatic rings. The molecular formula is C19H24F3N. The third-order valence-electron chi connectivity index (χ3n) is 3.55. The Morgan fingerprint density at radius 2 is 1.78 bits per heavy atom. The second kappa shape index (κ2) is 8.14. The molecule has 0 bridgehead atoms. The molecule has 0 aliphatic carbocycles. The number of hydrogen-bond acceptors (Lipinski definition) is 1. The van der Waals surface area contributed by atoms with Gasteiger partial charge in [-0.15, -0.1) is 0 Å². The minimum Gasteiger partial charge on any atom is -0.257 e. The molecule has 0 spiro atoms. The van der Waals surface area contributed by atoms with Crippen molar-refractivity contribution in [2.75, 3.05) is 0 Å². The van der Waals surface area contributed by atoms with Crippen molar-refractivity contribution in [3.05, 3.63) is 53.6 Å². The van der Waals surface area contributed by atoms with Crippen LogP contribution < -0.4 is 0 Å². The third-order valence-corrected chi connectivity index (χ3v) is 3.55. The van der Waals surface area contributed by atoms with E-state index in [0.717, 1.165) is 36.3 Å². The van der Waals surface area contributed by atoms with E-state index >= 15 is 0 Å². The van der Waals surface area contributed by atoms with Crippen LogP contribution >= 0.6 is 0 Å². The molecule has 1 nitrogen and oxygen atoms in total. The van der Waals surface area contributed by atoms with Gasteiger partial charge in [-0.1, -0.05) is 51.5 Å². The smallest absolute Gasteiger partial charge is 0.257 e. The van der Waals surface area contributed by atoms with Gasteiger partial charge >= 0.3 is 6.18 Å². The molecule has 0 unspecified atom stereocenters. The maximum absolute atomic E-state index is 12.7. The maximum Gasteiger partial charge on any atom is 0.416 e. The summed E-state index contributed by atoms with van der Waals surface area (Å²) in [4.78, 5) is 4.60. The molecular weight excluding hydrogens is 299 g/mol. The minimum absolute atomic E-state index is 0.271. The van der Waals surface area contributed by atoms with Crippen LogP contribution in [0.2, 0.25) is 0 Å². The highest BCUT2D eigenvalue weighted by Gasteiger charge is 2.30. The Hall–Kier alpha value is -1.84. The van der Waals surface area contributed by atoms with E-state index in [9.17, 15) is 13.2 Å². The zero-order chi connectivity index (χ0) is 17.6. The van der Waals surface area contributed by atoms with Gasteiger partial charge in [0.05, 0.1) is 11.3 Å². The van der Waals surface area contributed by atoms with Crippen LogP contribution in [-0.2, 0) is 6.18 Å². The first-order valence-corrected chi connectivity index (χ1v) is 7.77. The summed E-state index contributed by atoms with van der Waals surface area (Å²) in [7, 11) is 0. The first-order chi connectivity index (χ1) is 10.6. The van der Waals surface area contributed by atoms with Crippen LogP contribution in [0.3, 0.4) is 0 Å². The van der Waals surface area contributed by atoms with Gasteiger partial charge < -0.3 is 0 Å². The fourth-order valence-corrected chi connectivity index (χ4v) is 1.92. The van der Waals surface area contributed by atoms with Gasteiger partial charge in [-0.2, -0.15) is 13.2 Å². The first kappa shape index (κ1) is 19.2. The molecule has 0 fully saturated rings. The summed E-state index contributed by atoms with van der Waals surface area (Å²) >= 11 is 0. The molecule has 23 heavy (non-hydrogen) atoms. The van der Waals surface area contributed by atoms with E-state index in [4.69, 9.17) is 0 Å². The SMILES string of the molecule is C=C(/C=C(\N=C(\C)C(C)C)c1ccc(C(F)(F)F)cc1)CCC.